The van der Waals surface area contributed by atoms with E-state index in [2.05, 4.69) is 4.98 Å². The number of nitrogens with zero attached hydrogens (tertiary/aromatic N) is 5. The molecule has 266 valence electrons. The van der Waals surface area contributed by atoms with Crippen LogP contribution in [0.1, 0.15) is 37.7 Å². The Bertz CT molecular complexity index is 2290. The summed E-state index contributed by atoms with van der Waals surface area (Å²) in [5.41, 5.74) is -0.297. The van der Waals surface area contributed by atoms with Gasteiger partial charge in [0, 0.05) is 64.4 Å². The molecule has 0 saturated carbocycles. The number of aromatic carboxylic acids is 1. The molecule has 0 aliphatic carbocycles. The van der Waals surface area contributed by atoms with E-state index in [1.54, 1.807) is 38.3 Å². The van der Waals surface area contributed by atoms with Crippen LogP contribution in [0, 0.1) is 25.2 Å². The minimum atomic E-state index is -4.78. The molecule has 0 radical (unpaired) electrons. The highest BCUT2D eigenvalue weighted by molar-refractivity contribution is 7.20. The zero-order chi connectivity index (χ0) is 36.8. The number of carboxylic acid groups (broad SMARTS) is 1. The van der Waals surface area contributed by atoms with Crippen LogP contribution in [-0.2, 0) is 24.1 Å². The molecule has 1 aliphatic heterocycles. The lowest BCUT2D eigenvalue weighted by Gasteiger charge is -2.36. The third-order valence-electron chi connectivity index (χ3n) is 9.00. The van der Waals surface area contributed by atoms with Gasteiger partial charge in [-0.15, -0.1) is 11.3 Å². The molecule has 1 fully saturated rings. The average Bonchev–Trinajstić information content (AvgIpc) is 3.41. The minimum absolute atomic E-state index is 0.0359. The Morgan fingerprint density at radius 3 is 2.49 bits per heavy atom. The lowest BCUT2D eigenvalue weighted by Crippen LogP contribution is -2.45. The number of anilines is 1. The van der Waals surface area contributed by atoms with E-state index in [1.807, 2.05) is 24.1 Å². The number of hydrogen-bond acceptors (Lipinski definition) is 9. The lowest BCUT2D eigenvalue weighted by atomic mass is 9.98. The topological polar surface area (TPSA) is 121 Å². The van der Waals surface area contributed by atoms with Gasteiger partial charge in [-0.05, 0) is 62.9 Å². The molecule has 2 aromatic heterocycles. The van der Waals surface area contributed by atoms with Crippen molar-refractivity contribution in [2.45, 2.75) is 33.2 Å². The van der Waals surface area contributed by atoms with E-state index in [0.717, 1.165) is 16.3 Å². The summed E-state index contributed by atoms with van der Waals surface area (Å²) in [7, 11) is 3.41. The van der Waals surface area contributed by atoms with E-state index in [1.165, 1.54) is 27.7 Å². The van der Waals surface area contributed by atoms with E-state index in [0.29, 0.717) is 45.3 Å². The number of aryl methyl sites for hydroxylation is 2. The highest BCUT2D eigenvalue weighted by atomic mass is 35.5. The van der Waals surface area contributed by atoms with Crippen molar-refractivity contribution < 1.29 is 32.5 Å². The smallest absolute Gasteiger partial charge is 0.418 e. The summed E-state index contributed by atoms with van der Waals surface area (Å²) in [6, 6.07) is 11.5. The fraction of sp³-hybridized carbons (Fsp3) is 0.333. The van der Waals surface area contributed by atoms with Crippen LogP contribution in [0.25, 0.3) is 32.1 Å². The van der Waals surface area contributed by atoms with Crippen LogP contribution >= 0.6 is 22.9 Å². The van der Waals surface area contributed by atoms with Gasteiger partial charge in [0.15, 0.2) is 0 Å². The number of hydrogen-bond donors (Lipinski definition) is 1. The number of carboxylic acids is 1. The van der Waals surface area contributed by atoms with E-state index < -0.39 is 23.3 Å². The number of benzene rings is 3. The van der Waals surface area contributed by atoms with Gasteiger partial charge >= 0.3 is 12.1 Å². The molecule has 1 aliphatic rings. The zero-order valence-corrected chi connectivity index (χ0v) is 29.7. The maximum atomic E-state index is 14.4. The van der Waals surface area contributed by atoms with Crippen molar-refractivity contribution in [3.05, 3.63) is 84.7 Å². The maximum absolute atomic E-state index is 14.4. The van der Waals surface area contributed by atoms with E-state index in [9.17, 15) is 33.1 Å². The molecule has 10 nitrogen and oxygen atoms in total. The van der Waals surface area contributed by atoms with Gasteiger partial charge in [-0.25, -0.2) is 9.78 Å². The van der Waals surface area contributed by atoms with E-state index in [-0.39, 0.29) is 66.4 Å². The quantitative estimate of drug-likeness (QED) is 0.169. The van der Waals surface area contributed by atoms with Crippen molar-refractivity contribution in [1.29, 1.82) is 5.26 Å². The number of thiophene rings is 1. The van der Waals surface area contributed by atoms with Gasteiger partial charge in [0.05, 0.1) is 46.4 Å². The van der Waals surface area contributed by atoms with Crippen molar-refractivity contribution in [3.63, 3.8) is 0 Å². The first-order valence-corrected chi connectivity index (χ1v) is 17.1. The monoisotopic (exact) mass is 739 g/mol. The third-order valence-corrected chi connectivity index (χ3v) is 10.4. The molecule has 0 spiro atoms. The fourth-order valence-corrected chi connectivity index (χ4v) is 7.93. The average molecular weight is 740 g/mol. The lowest BCUT2D eigenvalue weighted by molar-refractivity contribution is -0.137. The number of ether oxygens (including phenoxy) is 2. The molecular formula is C36H33ClF3N5O5S. The number of fused-ring (bicyclic) bond motifs is 2. The van der Waals surface area contributed by atoms with Crippen LogP contribution < -0.4 is 15.2 Å². The molecule has 51 heavy (non-hydrogen) atoms. The van der Waals surface area contributed by atoms with Crippen LogP contribution in [0.3, 0.4) is 0 Å². The molecule has 0 unspecified atom stereocenters. The second-order valence-corrected chi connectivity index (χ2v) is 14.0. The van der Waals surface area contributed by atoms with Gasteiger partial charge in [-0.3, -0.25) is 9.36 Å². The number of nitriles is 1. The normalized spacial score (nSPS) is 14.0. The maximum Gasteiger partial charge on any atom is 0.418 e. The van der Waals surface area contributed by atoms with Crippen molar-refractivity contribution in [1.82, 2.24) is 14.5 Å². The predicted molar refractivity (Wildman–Crippen MR) is 190 cm³/mol. The summed E-state index contributed by atoms with van der Waals surface area (Å²) in [6.45, 7) is 4.91. The summed E-state index contributed by atoms with van der Waals surface area (Å²) < 4.78 is 56.8. The Morgan fingerprint density at radius 2 is 1.84 bits per heavy atom. The van der Waals surface area contributed by atoms with E-state index in [4.69, 9.17) is 21.1 Å². The predicted octanol–water partition coefficient (Wildman–Crippen LogP) is 7.11. The molecular weight excluding hydrogens is 707 g/mol. The molecule has 5 aromatic rings. The molecule has 3 aromatic carbocycles. The first-order chi connectivity index (χ1) is 24.2. The summed E-state index contributed by atoms with van der Waals surface area (Å²) in [6.07, 6.45) is -4.78. The molecule has 15 heteroatoms. The Morgan fingerprint density at radius 1 is 1.12 bits per heavy atom. The molecule has 1 N–H and O–H groups in total. The Labute approximate surface area is 299 Å². The molecule has 3 heterocycles. The van der Waals surface area contributed by atoms with Crippen molar-refractivity contribution in [3.8, 4) is 22.9 Å². The molecule has 1 saturated heterocycles. The second kappa shape index (κ2) is 14.1. The second-order valence-electron chi connectivity index (χ2n) is 12.3. The van der Waals surface area contributed by atoms with Gasteiger partial charge < -0.3 is 24.4 Å². The van der Waals surface area contributed by atoms with Crippen LogP contribution in [0.4, 0.5) is 18.9 Å². The van der Waals surface area contributed by atoms with Crippen molar-refractivity contribution >= 4 is 55.6 Å². The van der Waals surface area contributed by atoms with Gasteiger partial charge in [0.25, 0.3) is 5.56 Å². The molecule has 6 rings (SSSR count). The van der Waals surface area contributed by atoms with E-state index >= 15 is 0 Å². The number of alkyl halides is 3. The highest BCUT2D eigenvalue weighted by Crippen LogP contribution is 2.44. The molecule has 0 bridgehead atoms. The summed E-state index contributed by atoms with van der Waals surface area (Å²) in [4.78, 5) is 34.7. The standard InChI is InChI=1S/C36H33ClF3N5O5S/c1-19-30(35(47)48)25-14-21(18-49-4)13-24(33(25)51-19)23-15-22(37)5-6-29(23)50-12-11-45-20(2)42-28-16-27(36(38,39)40)32(26(17-41)31(28)34(45)46)44-9-7-43(3)8-10-44/h5-6,13-16H,7-12,18H2,1-4H3,(H,47,48). The summed E-state index contributed by atoms with van der Waals surface area (Å²) in [5.74, 6) is -0.486. The minimum Gasteiger partial charge on any atom is -0.491 e. The number of piperazine rings is 1. The Hall–Kier alpha value is -4.68. The van der Waals surface area contributed by atoms with Crippen molar-refractivity contribution in [2.75, 3.05) is 51.8 Å². The number of methoxy groups -OCH3 is 1. The van der Waals surface area contributed by atoms with Crippen LogP contribution in [0.2, 0.25) is 5.02 Å². The van der Waals surface area contributed by atoms with Gasteiger partial charge in [0.2, 0.25) is 0 Å². The number of halogens is 4. The molecule has 0 amide bonds. The number of likely N-dealkylation sites (N-methyl/N-ethyl adjacent to an activating group) is 1. The number of rotatable bonds is 9. The zero-order valence-electron chi connectivity index (χ0n) is 28.2. The van der Waals surface area contributed by atoms with Crippen LogP contribution in [-0.4, -0.2) is 72.5 Å². The first kappa shape index (κ1) is 36.1. The van der Waals surface area contributed by atoms with Gasteiger partial charge in [-0.2, -0.15) is 18.4 Å². The Balaban J connectivity index is 1.40. The summed E-state index contributed by atoms with van der Waals surface area (Å²) >= 11 is 7.79. The Kier molecular flexibility index (Phi) is 10.0. The largest absolute Gasteiger partial charge is 0.491 e. The summed E-state index contributed by atoms with van der Waals surface area (Å²) in [5, 5.41) is 21.0. The van der Waals surface area contributed by atoms with Crippen LogP contribution in [0.15, 0.2) is 41.2 Å². The number of carbonyl (C=O) groups is 1. The SMILES string of the molecule is COCc1cc(-c2cc(Cl)ccc2OCCn2c(C)nc3cc(C(F)(F)F)c(N4CCN(C)CC4)c(C#N)c3c2=O)c2sc(C)c(C(=O)O)c2c1. The fourth-order valence-electron chi connectivity index (χ4n) is 6.61. The van der Waals surface area contributed by atoms with Gasteiger partial charge in [0.1, 0.15) is 24.3 Å². The third kappa shape index (κ3) is 6.86. The van der Waals surface area contributed by atoms with Crippen molar-refractivity contribution in [2.24, 2.45) is 0 Å². The highest BCUT2D eigenvalue weighted by Gasteiger charge is 2.39. The number of aromatic nitrogens is 2. The first-order valence-electron chi connectivity index (χ1n) is 15.9. The van der Waals surface area contributed by atoms with Gasteiger partial charge in [-0.1, -0.05) is 11.6 Å². The molecule has 0 atom stereocenters. The van der Waals surface area contributed by atoms with Crippen LogP contribution in [0.5, 0.6) is 5.75 Å².